The molecule has 0 radical (unpaired) electrons. The Hall–Kier alpha value is -6.98. The largest absolute Gasteiger partial charge is 0.454 e. The fraction of sp³-hybridized carbons (Fsp3) is 0.0400. The summed E-state index contributed by atoms with van der Waals surface area (Å²) >= 11 is 0. The van der Waals surface area contributed by atoms with E-state index in [4.69, 9.17) is 4.42 Å². The number of hydrogen-bond donors (Lipinski definition) is 0. The molecule has 0 saturated heterocycles. The number of fused-ring (bicyclic) bond motifs is 7. The molecule has 0 fully saturated rings. The third-order valence-corrected chi connectivity index (χ3v) is 11.3. The van der Waals surface area contributed by atoms with Gasteiger partial charge in [0.1, 0.15) is 5.58 Å². The Kier molecular flexibility index (Phi) is 7.05. The zero-order valence-corrected chi connectivity index (χ0v) is 30.6. The summed E-state index contributed by atoms with van der Waals surface area (Å²) < 4.78 is 6.66. The van der Waals surface area contributed by atoms with Gasteiger partial charge in [0.05, 0.1) is 5.69 Å². The van der Waals surface area contributed by atoms with Crippen molar-refractivity contribution in [3.05, 3.63) is 193 Å². The van der Waals surface area contributed by atoms with Crippen LogP contribution in [0.15, 0.2) is 186 Å². The molecule has 4 nitrogen and oxygen atoms in total. The summed E-state index contributed by atoms with van der Waals surface area (Å²) in [6.07, 6.45) is 0. The summed E-state index contributed by atoms with van der Waals surface area (Å²) in [5.74, 6) is 0. The second-order valence-electron chi connectivity index (χ2n) is 14.7. The van der Waals surface area contributed by atoms with Gasteiger partial charge in [0.25, 0.3) is 6.71 Å². The molecule has 0 spiro atoms. The fourth-order valence-corrected chi connectivity index (χ4v) is 8.91. The minimum atomic E-state index is 0.0384. The van der Waals surface area contributed by atoms with E-state index in [0.717, 1.165) is 56.1 Å². The Bertz CT molecular complexity index is 2920. The Labute approximate surface area is 321 Å². The number of benzene rings is 8. The van der Waals surface area contributed by atoms with E-state index >= 15 is 0 Å². The lowest BCUT2D eigenvalue weighted by atomic mass is 9.33. The topological polar surface area (TPSA) is 22.9 Å². The van der Waals surface area contributed by atoms with Crippen LogP contribution in [0, 0.1) is 13.8 Å². The number of para-hydroxylation sites is 4. The van der Waals surface area contributed by atoms with Crippen LogP contribution in [0.1, 0.15) is 11.1 Å². The number of furan rings is 1. The SMILES string of the molecule is Cc1ccc(N2c3cc(C)ccc3B3c4ccc(N(c5ccccc5)c5cccc6c5oc5ccccc56)cc4N(c4ccccc4)c4cccc2c43)cc1. The molecule has 0 unspecified atom stereocenters. The van der Waals surface area contributed by atoms with E-state index in [1.165, 1.54) is 44.6 Å². The normalized spacial score (nSPS) is 12.8. The number of rotatable bonds is 5. The average Bonchev–Trinajstić information content (AvgIpc) is 3.62. The minimum absolute atomic E-state index is 0.0384. The van der Waals surface area contributed by atoms with Gasteiger partial charge in [-0.25, -0.2) is 0 Å². The standard InChI is InChI=1S/C50H36BN3O/c1-33-23-26-37(27-24-33)54-44-20-12-19-43-49(44)51(41-29-25-34(2)31-46(41)54)42-30-28-38(32-47(42)53(43)36-15-7-4-8-16-36)52(35-13-5-3-6-14-35)45-21-11-18-40-39-17-9-10-22-48(39)55-50(40)45/h3-32H,1-2H3. The Morgan fingerprint density at radius 2 is 1.05 bits per heavy atom. The maximum atomic E-state index is 6.66. The third-order valence-electron chi connectivity index (χ3n) is 11.3. The van der Waals surface area contributed by atoms with E-state index in [1.807, 2.05) is 6.07 Å². The lowest BCUT2D eigenvalue weighted by Crippen LogP contribution is -2.61. The first-order valence-corrected chi connectivity index (χ1v) is 19.0. The summed E-state index contributed by atoms with van der Waals surface area (Å²) in [7, 11) is 0. The quantitative estimate of drug-likeness (QED) is 0.166. The van der Waals surface area contributed by atoms with Gasteiger partial charge in [-0.3, -0.25) is 0 Å². The predicted molar refractivity (Wildman–Crippen MR) is 232 cm³/mol. The molecule has 2 aliphatic rings. The average molecular weight is 706 g/mol. The zero-order chi connectivity index (χ0) is 36.6. The van der Waals surface area contributed by atoms with Crippen molar-refractivity contribution in [2.24, 2.45) is 0 Å². The monoisotopic (exact) mass is 705 g/mol. The Morgan fingerprint density at radius 3 is 1.82 bits per heavy atom. The highest BCUT2D eigenvalue weighted by atomic mass is 16.3. The van der Waals surface area contributed by atoms with Gasteiger partial charge in [-0.15, -0.1) is 0 Å². The van der Waals surface area contributed by atoms with Crippen LogP contribution in [0.4, 0.5) is 51.2 Å². The Balaban J connectivity index is 1.18. The van der Waals surface area contributed by atoms with Gasteiger partial charge in [0.15, 0.2) is 5.58 Å². The molecule has 55 heavy (non-hydrogen) atoms. The van der Waals surface area contributed by atoms with Crippen LogP contribution < -0.4 is 31.1 Å². The van der Waals surface area contributed by atoms with Crippen molar-refractivity contribution in [3.8, 4) is 0 Å². The van der Waals surface area contributed by atoms with E-state index < -0.39 is 0 Å². The third kappa shape index (κ3) is 4.86. The molecule has 0 amide bonds. The van der Waals surface area contributed by atoms with Crippen molar-refractivity contribution >= 4 is 96.2 Å². The summed E-state index contributed by atoms with van der Waals surface area (Å²) in [5, 5.41) is 2.22. The summed E-state index contributed by atoms with van der Waals surface area (Å²) in [6.45, 7) is 4.38. The van der Waals surface area contributed by atoms with Crippen LogP contribution in [-0.2, 0) is 0 Å². The molecule has 1 aromatic heterocycles. The van der Waals surface area contributed by atoms with E-state index in [0.29, 0.717) is 0 Å². The van der Waals surface area contributed by atoms with E-state index in [1.54, 1.807) is 0 Å². The van der Waals surface area contributed by atoms with Gasteiger partial charge in [0, 0.05) is 56.3 Å². The zero-order valence-electron chi connectivity index (χ0n) is 30.6. The lowest BCUT2D eigenvalue weighted by molar-refractivity contribution is 0.669. The summed E-state index contributed by atoms with van der Waals surface area (Å²) in [4.78, 5) is 7.27. The molecule has 8 aromatic carbocycles. The first-order chi connectivity index (χ1) is 27.1. The number of nitrogens with zero attached hydrogens (tertiary/aromatic N) is 3. The molecule has 0 atom stereocenters. The highest BCUT2D eigenvalue weighted by Gasteiger charge is 2.43. The minimum Gasteiger partial charge on any atom is -0.454 e. The van der Waals surface area contributed by atoms with Gasteiger partial charge in [0.2, 0.25) is 0 Å². The smallest absolute Gasteiger partial charge is 0.252 e. The summed E-state index contributed by atoms with van der Waals surface area (Å²) in [5.41, 5.74) is 18.3. The molecular weight excluding hydrogens is 669 g/mol. The predicted octanol–water partition coefficient (Wildman–Crippen LogP) is 11.8. The van der Waals surface area contributed by atoms with E-state index in [-0.39, 0.29) is 6.71 Å². The van der Waals surface area contributed by atoms with Crippen molar-refractivity contribution in [2.75, 3.05) is 14.7 Å². The van der Waals surface area contributed by atoms with E-state index in [9.17, 15) is 0 Å². The fourth-order valence-electron chi connectivity index (χ4n) is 8.91. The van der Waals surface area contributed by atoms with Crippen molar-refractivity contribution in [3.63, 3.8) is 0 Å². The molecule has 2 aliphatic heterocycles. The van der Waals surface area contributed by atoms with Crippen molar-refractivity contribution < 1.29 is 4.42 Å². The highest BCUT2D eigenvalue weighted by Crippen LogP contribution is 2.47. The lowest BCUT2D eigenvalue weighted by Gasteiger charge is -2.44. The molecule has 0 bridgehead atoms. The molecule has 0 N–H and O–H groups in total. The number of anilines is 9. The molecule has 5 heteroatoms. The maximum absolute atomic E-state index is 6.66. The first kappa shape index (κ1) is 31.5. The van der Waals surface area contributed by atoms with Crippen molar-refractivity contribution in [2.45, 2.75) is 13.8 Å². The Morgan fingerprint density at radius 1 is 0.455 bits per heavy atom. The molecule has 0 saturated carbocycles. The molecule has 0 aliphatic carbocycles. The van der Waals surface area contributed by atoms with Crippen LogP contribution >= 0.6 is 0 Å². The first-order valence-electron chi connectivity index (χ1n) is 19.0. The molecule has 3 heterocycles. The number of hydrogen-bond acceptors (Lipinski definition) is 4. The van der Waals surface area contributed by atoms with Gasteiger partial charge in [-0.05, 0) is 115 Å². The second-order valence-corrected chi connectivity index (χ2v) is 14.7. The van der Waals surface area contributed by atoms with Crippen LogP contribution in [0.5, 0.6) is 0 Å². The van der Waals surface area contributed by atoms with Crippen molar-refractivity contribution in [1.82, 2.24) is 0 Å². The van der Waals surface area contributed by atoms with Crippen LogP contribution in [0.2, 0.25) is 0 Å². The second kappa shape index (κ2) is 12.3. The molecule has 11 rings (SSSR count). The van der Waals surface area contributed by atoms with Gasteiger partial charge < -0.3 is 19.1 Å². The van der Waals surface area contributed by atoms with Crippen molar-refractivity contribution in [1.29, 1.82) is 0 Å². The van der Waals surface area contributed by atoms with E-state index in [2.05, 4.69) is 204 Å². The number of aryl methyl sites for hydroxylation is 2. The van der Waals surface area contributed by atoms with Gasteiger partial charge in [-0.2, -0.15) is 0 Å². The summed E-state index contributed by atoms with van der Waals surface area (Å²) in [6, 6.07) is 66.0. The highest BCUT2D eigenvalue weighted by molar-refractivity contribution is 7.00. The molecular formula is C50H36BN3O. The molecule has 9 aromatic rings. The van der Waals surface area contributed by atoms with Crippen LogP contribution in [-0.4, -0.2) is 6.71 Å². The van der Waals surface area contributed by atoms with Crippen LogP contribution in [0.25, 0.3) is 21.9 Å². The maximum Gasteiger partial charge on any atom is 0.252 e. The van der Waals surface area contributed by atoms with Crippen LogP contribution in [0.3, 0.4) is 0 Å². The molecule has 260 valence electrons. The van der Waals surface area contributed by atoms with Gasteiger partial charge in [-0.1, -0.05) is 109 Å². The van der Waals surface area contributed by atoms with Gasteiger partial charge >= 0.3 is 0 Å².